The Morgan fingerprint density at radius 2 is 1.88 bits per heavy atom. The van der Waals surface area contributed by atoms with Crippen molar-refractivity contribution in [1.82, 2.24) is 10.2 Å². The molecule has 1 aromatic carbocycles. The largest absolute Gasteiger partial charge is 0.493 e. The molecule has 1 N–H and O–H groups in total. The molecule has 0 spiro atoms. The number of methoxy groups -OCH3 is 2. The number of thiophene rings is 1. The van der Waals surface area contributed by atoms with Crippen LogP contribution in [0.3, 0.4) is 0 Å². The van der Waals surface area contributed by atoms with Gasteiger partial charge in [0, 0.05) is 23.5 Å². The van der Waals surface area contributed by atoms with E-state index in [1.807, 2.05) is 17.5 Å². The highest BCUT2D eigenvalue weighted by Gasteiger charge is 2.45. The van der Waals surface area contributed by atoms with Gasteiger partial charge in [0.2, 0.25) is 5.91 Å². The third-order valence-corrected chi connectivity index (χ3v) is 8.27. The molecule has 5 atom stereocenters. The van der Waals surface area contributed by atoms with Gasteiger partial charge in [-0.3, -0.25) is 9.59 Å². The minimum atomic E-state index is -0.532. The number of hydrogen-bond donors (Lipinski definition) is 1. The fourth-order valence-corrected chi connectivity index (χ4v) is 6.11. The zero-order chi connectivity index (χ0) is 23.0. The minimum absolute atomic E-state index is 0.0397. The van der Waals surface area contributed by atoms with Gasteiger partial charge in [-0.25, -0.2) is 0 Å². The summed E-state index contributed by atoms with van der Waals surface area (Å²) in [5.41, 5.74) is 1.18. The van der Waals surface area contributed by atoms with Crippen LogP contribution in [0.4, 0.5) is 0 Å². The van der Waals surface area contributed by atoms with Gasteiger partial charge in [-0.05, 0) is 47.4 Å². The normalized spacial score (nSPS) is 27.6. The van der Waals surface area contributed by atoms with E-state index in [1.54, 1.807) is 49.6 Å². The summed E-state index contributed by atoms with van der Waals surface area (Å²) in [6.45, 7) is 4.49. The molecular weight excluding hydrogens is 424 g/mol. The highest BCUT2D eigenvalue weighted by molar-refractivity contribution is 7.10. The van der Waals surface area contributed by atoms with E-state index < -0.39 is 5.92 Å². The number of amides is 2. The first-order valence-electron chi connectivity index (χ1n) is 11.2. The van der Waals surface area contributed by atoms with Crippen LogP contribution in [0.5, 0.6) is 11.5 Å². The number of carbonyl (C=O) groups is 2. The summed E-state index contributed by atoms with van der Waals surface area (Å²) >= 11 is 1.57. The van der Waals surface area contributed by atoms with Crippen LogP contribution >= 0.6 is 11.3 Å². The van der Waals surface area contributed by atoms with E-state index in [4.69, 9.17) is 9.47 Å². The Hall–Kier alpha value is -2.54. The molecule has 32 heavy (non-hydrogen) atoms. The number of likely N-dealkylation sites (N-methyl/N-ethyl adjacent to an activating group) is 1. The fraction of sp³-hybridized carbons (Fsp3) is 0.520. The van der Waals surface area contributed by atoms with Crippen molar-refractivity contribution in [3.63, 3.8) is 0 Å². The van der Waals surface area contributed by atoms with E-state index >= 15 is 0 Å². The van der Waals surface area contributed by atoms with Crippen LogP contribution in [0.2, 0.25) is 0 Å². The molecule has 1 saturated carbocycles. The number of fused-ring (bicyclic) bond motifs is 1. The number of ether oxygens (including phenoxy) is 2. The molecule has 1 aliphatic heterocycles. The van der Waals surface area contributed by atoms with Crippen molar-refractivity contribution >= 4 is 23.2 Å². The Bertz CT molecular complexity index is 990. The van der Waals surface area contributed by atoms with Crippen LogP contribution in [-0.2, 0) is 4.79 Å². The molecule has 172 valence electrons. The summed E-state index contributed by atoms with van der Waals surface area (Å²) in [5, 5.41) is 5.34. The molecule has 1 aliphatic carbocycles. The van der Waals surface area contributed by atoms with Crippen molar-refractivity contribution in [1.29, 1.82) is 0 Å². The van der Waals surface area contributed by atoms with E-state index in [2.05, 4.69) is 19.2 Å². The molecule has 0 saturated heterocycles. The smallest absolute Gasteiger partial charge is 0.254 e. The van der Waals surface area contributed by atoms with Crippen LogP contribution in [0, 0.1) is 11.8 Å². The quantitative estimate of drug-likeness (QED) is 0.713. The third-order valence-electron chi connectivity index (χ3n) is 7.33. The van der Waals surface area contributed by atoms with Gasteiger partial charge >= 0.3 is 0 Å². The Labute approximate surface area is 193 Å². The Morgan fingerprint density at radius 3 is 2.53 bits per heavy atom. The van der Waals surface area contributed by atoms with Crippen molar-refractivity contribution in [3.8, 4) is 11.5 Å². The van der Waals surface area contributed by atoms with Gasteiger partial charge in [-0.2, -0.15) is 0 Å². The zero-order valence-corrected chi connectivity index (χ0v) is 20.2. The highest BCUT2D eigenvalue weighted by Crippen LogP contribution is 2.46. The third kappa shape index (κ3) is 3.87. The number of rotatable bonds is 5. The second kappa shape index (κ2) is 9.14. The highest BCUT2D eigenvalue weighted by atomic mass is 32.1. The van der Waals surface area contributed by atoms with E-state index in [0.29, 0.717) is 34.5 Å². The van der Waals surface area contributed by atoms with Crippen molar-refractivity contribution in [2.45, 2.75) is 51.1 Å². The summed E-state index contributed by atoms with van der Waals surface area (Å²) in [6, 6.07) is 7.23. The molecule has 1 aromatic heterocycles. The van der Waals surface area contributed by atoms with Gasteiger partial charge < -0.3 is 19.7 Å². The standard InChI is InChI=1S/C25H32N2O4S/c1-14-8-6-9-18(15(14)2)26-24(28)22-16-12-19(30-4)20(31-5)13-17(16)25(29)27(3)23(22)21-10-7-11-32-21/h7,10-15,18,22-23H,6,8-9H2,1-5H3,(H,26,28)/t14-,15-,18+,22-,23-/m0/s1. The first-order valence-corrected chi connectivity index (χ1v) is 12.1. The molecule has 2 aliphatic rings. The molecule has 7 heteroatoms. The summed E-state index contributed by atoms with van der Waals surface area (Å²) < 4.78 is 11.0. The maximum atomic E-state index is 13.9. The molecular formula is C25H32N2O4S. The Balaban J connectivity index is 1.80. The maximum Gasteiger partial charge on any atom is 0.254 e. The lowest BCUT2D eigenvalue weighted by atomic mass is 9.77. The van der Waals surface area contributed by atoms with Crippen molar-refractivity contribution in [2.24, 2.45) is 11.8 Å². The number of nitrogens with zero attached hydrogens (tertiary/aromatic N) is 1. The lowest BCUT2D eigenvalue weighted by Gasteiger charge is -2.41. The lowest BCUT2D eigenvalue weighted by Crippen LogP contribution is -2.50. The molecule has 0 radical (unpaired) electrons. The van der Waals surface area contributed by atoms with Gasteiger partial charge in [-0.15, -0.1) is 11.3 Å². The molecule has 2 amide bonds. The van der Waals surface area contributed by atoms with Crippen molar-refractivity contribution in [3.05, 3.63) is 45.6 Å². The van der Waals surface area contributed by atoms with Crippen LogP contribution in [0.25, 0.3) is 0 Å². The van der Waals surface area contributed by atoms with Crippen LogP contribution in [0.1, 0.15) is 65.9 Å². The summed E-state index contributed by atoms with van der Waals surface area (Å²) in [5.74, 6) is 1.30. The molecule has 4 rings (SSSR count). The van der Waals surface area contributed by atoms with Crippen LogP contribution in [0.15, 0.2) is 29.6 Å². The first-order chi connectivity index (χ1) is 15.4. The number of carbonyl (C=O) groups excluding carboxylic acids is 2. The SMILES string of the molecule is COc1cc2c(cc1OC)[C@H](C(=O)N[C@@H]1CCC[C@H](C)[C@@H]1C)[C@H](c1cccs1)N(C)C2=O. The first kappa shape index (κ1) is 22.6. The second-order valence-electron chi connectivity index (χ2n) is 9.03. The van der Waals surface area contributed by atoms with Crippen LogP contribution < -0.4 is 14.8 Å². The average Bonchev–Trinajstić information content (AvgIpc) is 3.32. The fourth-order valence-electron chi connectivity index (χ4n) is 5.20. The number of nitrogens with one attached hydrogen (secondary N) is 1. The summed E-state index contributed by atoms with van der Waals surface area (Å²) in [4.78, 5) is 29.9. The summed E-state index contributed by atoms with van der Waals surface area (Å²) in [6.07, 6.45) is 3.31. The molecule has 0 unspecified atom stereocenters. The molecule has 1 fully saturated rings. The van der Waals surface area contributed by atoms with Gasteiger partial charge in [0.25, 0.3) is 5.91 Å². The average molecular weight is 457 g/mol. The second-order valence-corrected chi connectivity index (χ2v) is 10.0. The van der Waals surface area contributed by atoms with Crippen molar-refractivity contribution in [2.75, 3.05) is 21.3 Å². The van der Waals surface area contributed by atoms with E-state index in [0.717, 1.165) is 17.7 Å². The molecule has 2 aromatic rings. The minimum Gasteiger partial charge on any atom is -0.493 e. The topological polar surface area (TPSA) is 67.9 Å². The maximum absolute atomic E-state index is 13.9. The molecule has 2 heterocycles. The lowest BCUT2D eigenvalue weighted by molar-refractivity contribution is -0.125. The zero-order valence-electron chi connectivity index (χ0n) is 19.4. The number of benzene rings is 1. The van der Waals surface area contributed by atoms with E-state index in [-0.39, 0.29) is 23.9 Å². The van der Waals surface area contributed by atoms with Gasteiger partial charge in [0.1, 0.15) is 0 Å². The monoisotopic (exact) mass is 456 g/mol. The van der Waals surface area contributed by atoms with Gasteiger partial charge in [0.05, 0.1) is 26.2 Å². The van der Waals surface area contributed by atoms with Crippen LogP contribution in [-0.4, -0.2) is 44.0 Å². The van der Waals surface area contributed by atoms with Crippen molar-refractivity contribution < 1.29 is 19.1 Å². The van der Waals surface area contributed by atoms with Gasteiger partial charge in [0.15, 0.2) is 11.5 Å². The van der Waals surface area contributed by atoms with E-state index in [9.17, 15) is 9.59 Å². The predicted molar refractivity (Wildman–Crippen MR) is 126 cm³/mol. The molecule has 6 nitrogen and oxygen atoms in total. The Morgan fingerprint density at radius 1 is 1.16 bits per heavy atom. The predicted octanol–water partition coefficient (Wildman–Crippen LogP) is 4.62. The summed E-state index contributed by atoms with van der Waals surface area (Å²) in [7, 11) is 4.89. The number of hydrogen-bond acceptors (Lipinski definition) is 5. The van der Waals surface area contributed by atoms with Gasteiger partial charge in [-0.1, -0.05) is 32.8 Å². The Kier molecular flexibility index (Phi) is 6.47. The molecule has 0 bridgehead atoms. The van der Waals surface area contributed by atoms with E-state index in [1.165, 1.54) is 6.42 Å².